The summed E-state index contributed by atoms with van der Waals surface area (Å²) in [6.07, 6.45) is 4.18. The van der Waals surface area contributed by atoms with Crippen LogP contribution in [0.15, 0.2) is 30.6 Å². The Morgan fingerprint density at radius 1 is 1.27 bits per heavy atom. The van der Waals surface area contributed by atoms with Gasteiger partial charge in [0.05, 0.1) is 11.0 Å². The van der Waals surface area contributed by atoms with E-state index in [2.05, 4.69) is 4.98 Å². The lowest BCUT2D eigenvalue weighted by Crippen LogP contribution is -2.19. The normalized spacial score (nSPS) is 17.3. The highest BCUT2D eigenvalue weighted by Crippen LogP contribution is 2.50. The number of rotatable bonds is 3. The van der Waals surface area contributed by atoms with Crippen molar-refractivity contribution in [2.45, 2.75) is 18.3 Å². The summed E-state index contributed by atoms with van der Waals surface area (Å²) in [6, 6.07) is 4.49. The molecule has 2 heterocycles. The van der Waals surface area contributed by atoms with Crippen molar-refractivity contribution >= 4 is 5.97 Å². The van der Waals surface area contributed by atoms with Crippen LogP contribution in [-0.4, -0.2) is 22.9 Å². The summed E-state index contributed by atoms with van der Waals surface area (Å²) in [4.78, 5) is 15.5. The molecule has 1 saturated carbocycles. The number of hydrogen-bond donors (Lipinski definition) is 1. The zero-order chi connectivity index (χ0) is 15.3. The number of aromatic nitrogens is 1. The molecule has 0 saturated heterocycles. The van der Waals surface area contributed by atoms with Crippen molar-refractivity contribution in [3.63, 3.8) is 0 Å². The number of ether oxygens (including phenoxy) is 2. The zero-order valence-electron chi connectivity index (χ0n) is 11.5. The summed E-state index contributed by atoms with van der Waals surface area (Å²) in [5, 5.41) is 9.38. The van der Waals surface area contributed by atoms with Crippen molar-refractivity contribution in [2.24, 2.45) is 0 Å². The third-order valence-electron chi connectivity index (χ3n) is 4.23. The molecule has 1 aromatic heterocycles. The van der Waals surface area contributed by atoms with Crippen molar-refractivity contribution in [3.8, 4) is 22.6 Å². The Morgan fingerprint density at radius 2 is 2.09 bits per heavy atom. The van der Waals surface area contributed by atoms with Crippen LogP contribution in [0.1, 0.15) is 18.4 Å². The molecule has 0 atom stereocenters. The van der Waals surface area contributed by atoms with E-state index in [4.69, 9.17) is 9.47 Å². The van der Waals surface area contributed by atoms with Gasteiger partial charge >= 0.3 is 5.97 Å². The maximum absolute atomic E-state index is 14.3. The Labute approximate surface area is 125 Å². The quantitative estimate of drug-likeness (QED) is 0.944. The maximum atomic E-state index is 14.3. The molecule has 0 amide bonds. The van der Waals surface area contributed by atoms with Crippen molar-refractivity contribution in [1.82, 2.24) is 4.98 Å². The van der Waals surface area contributed by atoms with Crippen LogP contribution < -0.4 is 9.47 Å². The second-order valence-corrected chi connectivity index (χ2v) is 5.51. The van der Waals surface area contributed by atoms with E-state index in [1.807, 2.05) is 0 Å². The minimum Gasteiger partial charge on any atom is -0.481 e. The number of carbonyl (C=O) groups is 1. The molecule has 112 valence electrons. The lowest BCUT2D eigenvalue weighted by Gasteiger charge is -2.12. The number of fused-ring (bicyclic) bond motifs is 1. The third-order valence-corrected chi connectivity index (χ3v) is 4.23. The van der Waals surface area contributed by atoms with E-state index in [1.54, 1.807) is 6.07 Å². The molecule has 1 aliphatic carbocycles. The number of aliphatic carboxylic acids is 1. The van der Waals surface area contributed by atoms with E-state index in [9.17, 15) is 14.3 Å². The first kappa shape index (κ1) is 13.1. The van der Waals surface area contributed by atoms with E-state index >= 15 is 0 Å². The predicted octanol–water partition coefficient (Wildman–Crippen LogP) is 2.73. The van der Waals surface area contributed by atoms with Crippen LogP contribution in [0, 0.1) is 5.82 Å². The Balaban J connectivity index is 1.86. The molecule has 4 rings (SSSR count). The molecule has 2 aliphatic rings. The van der Waals surface area contributed by atoms with E-state index in [0.717, 1.165) is 0 Å². The van der Waals surface area contributed by atoms with Gasteiger partial charge in [0.1, 0.15) is 5.82 Å². The van der Waals surface area contributed by atoms with Crippen LogP contribution in [0.4, 0.5) is 4.39 Å². The zero-order valence-corrected chi connectivity index (χ0v) is 11.5. The van der Waals surface area contributed by atoms with Gasteiger partial charge in [0.2, 0.25) is 6.79 Å². The van der Waals surface area contributed by atoms with E-state index < -0.39 is 17.2 Å². The number of pyridine rings is 1. The van der Waals surface area contributed by atoms with Crippen molar-refractivity contribution in [1.29, 1.82) is 0 Å². The number of nitrogens with zero attached hydrogens (tertiary/aromatic N) is 1. The highest BCUT2D eigenvalue weighted by molar-refractivity contribution is 5.86. The summed E-state index contributed by atoms with van der Waals surface area (Å²) in [7, 11) is 0. The summed E-state index contributed by atoms with van der Waals surface area (Å²) in [5.74, 6) is -0.520. The molecule has 1 aliphatic heterocycles. The van der Waals surface area contributed by atoms with Gasteiger partial charge in [-0.05, 0) is 36.6 Å². The van der Waals surface area contributed by atoms with Gasteiger partial charge in [-0.1, -0.05) is 0 Å². The van der Waals surface area contributed by atoms with E-state index in [1.165, 1.54) is 24.5 Å². The van der Waals surface area contributed by atoms with Crippen LogP contribution in [0.5, 0.6) is 11.5 Å². The Bertz CT molecular complexity index is 786. The fraction of sp³-hybridized carbons (Fsp3) is 0.250. The average Bonchev–Trinajstić information content (AvgIpc) is 3.20. The first-order valence-electron chi connectivity index (χ1n) is 6.89. The fourth-order valence-electron chi connectivity index (χ4n) is 2.81. The summed E-state index contributed by atoms with van der Waals surface area (Å²) < 4.78 is 24.9. The largest absolute Gasteiger partial charge is 0.481 e. The molecule has 1 aromatic carbocycles. The SMILES string of the molecule is O=C(O)C1(c2cncc(-c3c(F)ccc4c3OCO4)c2)CC1. The Kier molecular flexibility index (Phi) is 2.63. The van der Waals surface area contributed by atoms with Crippen molar-refractivity contribution in [2.75, 3.05) is 6.79 Å². The number of halogens is 1. The monoisotopic (exact) mass is 301 g/mol. The van der Waals surface area contributed by atoms with Crippen molar-refractivity contribution < 1.29 is 23.8 Å². The molecule has 6 heteroatoms. The van der Waals surface area contributed by atoms with Crippen molar-refractivity contribution in [3.05, 3.63) is 42.0 Å². The van der Waals surface area contributed by atoms with Gasteiger partial charge in [0.25, 0.3) is 0 Å². The summed E-state index contributed by atoms with van der Waals surface area (Å²) in [6.45, 7) is 0.0397. The molecule has 0 spiro atoms. The lowest BCUT2D eigenvalue weighted by atomic mass is 9.94. The molecular weight excluding hydrogens is 289 g/mol. The predicted molar refractivity (Wildman–Crippen MR) is 74.3 cm³/mol. The van der Waals surface area contributed by atoms with Gasteiger partial charge in [-0.3, -0.25) is 9.78 Å². The Morgan fingerprint density at radius 3 is 2.82 bits per heavy atom. The highest BCUT2D eigenvalue weighted by atomic mass is 19.1. The van der Waals surface area contributed by atoms with Gasteiger partial charge < -0.3 is 14.6 Å². The van der Waals surface area contributed by atoms with Crippen LogP contribution in [-0.2, 0) is 10.2 Å². The van der Waals surface area contributed by atoms with Gasteiger partial charge in [0.15, 0.2) is 11.5 Å². The molecular formula is C16H12FNO4. The molecule has 5 nitrogen and oxygen atoms in total. The first-order chi connectivity index (χ1) is 10.6. The number of carboxylic acids is 1. The molecule has 0 bridgehead atoms. The second-order valence-electron chi connectivity index (χ2n) is 5.51. The molecule has 1 fully saturated rings. The lowest BCUT2D eigenvalue weighted by molar-refractivity contribution is -0.140. The molecule has 0 unspecified atom stereocenters. The number of benzene rings is 1. The smallest absolute Gasteiger partial charge is 0.314 e. The van der Waals surface area contributed by atoms with Crippen LogP contribution in [0.25, 0.3) is 11.1 Å². The van der Waals surface area contributed by atoms with Gasteiger partial charge in [-0.2, -0.15) is 0 Å². The van der Waals surface area contributed by atoms with Gasteiger partial charge in [0, 0.05) is 18.0 Å². The van der Waals surface area contributed by atoms with Crippen LogP contribution in [0.3, 0.4) is 0 Å². The molecule has 0 radical (unpaired) electrons. The number of hydrogen-bond acceptors (Lipinski definition) is 4. The average molecular weight is 301 g/mol. The minimum absolute atomic E-state index is 0.0397. The molecule has 1 N–H and O–H groups in total. The minimum atomic E-state index is -0.880. The van der Waals surface area contributed by atoms with E-state index in [0.29, 0.717) is 35.5 Å². The first-order valence-corrected chi connectivity index (χ1v) is 6.89. The summed E-state index contributed by atoms with van der Waals surface area (Å²) in [5.41, 5.74) is 0.457. The number of carboxylic acid groups (broad SMARTS) is 1. The standard InChI is InChI=1S/C16H12FNO4/c17-11-1-2-12-14(22-8-21-12)13(11)9-5-10(7-18-6-9)16(3-4-16)15(19)20/h1-2,5-7H,3-4,8H2,(H,19,20). The topological polar surface area (TPSA) is 68.7 Å². The maximum Gasteiger partial charge on any atom is 0.314 e. The second kappa shape index (κ2) is 4.43. The Hall–Kier alpha value is -2.63. The van der Waals surface area contributed by atoms with Gasteiger partial charge in [-0.15, -0.1) is 0 Å². The molecule has 2 aromatic rings. The van der Waals surface area contributed by atoms with Crippen LogP contribution in [0.2, 0.25) is 0 Å². The van der Waals surface area contributed by atoms with Gasteiger partial charge in [-0.25, -0.2) is 4.39 Å². The summed E-state index contributed by atoms with van der Waals surface area (Å²) >= 11 is 0. The fourth-order valence-corrected chi connectivity index (χ4v) is 2.81. The van der Waals surface area contributed by atoms with E-state index in [-0.39, 0.29) is 12.4 Å². The van der Waals surface area contributed by atoms with Crippen LogP contribution >= 0.6 is 0 Å². The third kappa shape index (κ3) is 1.76. The molecule has 22 heavy (non-hydrogen) atoms. The highest BCUT2D eigenvalue weighted by Gasteiger charge is 2.52.